The Morgan fingerprint density at radius 3 is 2.57 bits per heavy atom. The Labute approximate surface area is 227 Å². The first-order valence-electron chi connectivity index (χ1n) is 11.0. The summed E-state index contributed by atoms with van der Waals surface area (Å²) in [5, 5.41) is 7.76. The Morgan fingerprint density at radius 2 is 1.86 bits per heavy atom. The Morgan fingerprint density at radius 1 is 1.14 bits per heavy atom. The third kappa shape index (κ3) is 5.55. The molecule has 9 nitrogen and oxygen atoms in total. The highest BCUT2D eigenvalue weighted by Gasteiger charge is 2.34. The van der Waals surface area contributed by atoms with Crippen LogP contribution in [0, 0.1) is 0 Å². The van der Waals surface area contributed by atoms with E-state index in [1.54, 1.807) is 33.8 Å². The number of aromatic nitrogens is 4. The minimum Gasteiger partial charge on any atom is -0.459 e. The molecule has 37 heavy (non-hydrogen) atoms. The minimum atomic E-state index is -2.58. The van der Waals surface area contributed by atoms with Gasteiger partial charge in [0, 0.05) is 36.1 Å². The van der Waals surface area contributed by atoms with Gasteiger partial charge in [0.15, 0.2) is 5.82 Å². The minimum absolute atomic E-state index is 0.00737. The molecule has 0 fully saturated rings. The van der Waals surface area contributed by atoms with Crippen LogP contribution < -0.4 is 19.9 Å². The highest BCUT2D eigenvalue weighted by atomic mass is 32.2. The predicted octanol–water partition coefficient (Wildman–Crippen LogP) is 5.10. The topological polar surface area (TPSA) is 88.4 Å². The Balaban J connectivity index is 1.56. The second kappa shape index (κ2) is 9.91. The molecule has 192 valence electrons. The number of urea groups is 1. The van der Waals surface area contributed by atoms with E-state index < -0.39 is 16.6 Å². The van der Waals surface area contributed by atoms with Gasteiger partial charge in [-0.2, -0.15) is 10.1 Å². The van der Waals surface area contributed by atoms with E-state index in [1.807, 2.05) is 31.4 Å². The SMILES string of the molecule is Cn1cc2cc(N3Cc4cnc(NCC(F)F)nc4N(c4ccc(OC(S)(S)S)cc4)C3=O)ccc2n1. The molecule has 0 unspecified atom stereocenters. The third-order valence-electron chi connectivity index (χ3n) is 5.48. The Bertz CT molecular complexity index is 1460. The highest BCUT2D eigenvalue weighted by Crippen LogP contribution is 2.38. The van der Waals surface area contributed by atoms with E-state index in [0.717, 1.165) is 10.9 Å². The summed E-state index contributed by atoms with van der Waals surface area (Å²) in [6.45, 7) is -0.427. The molecule has 0 aliphatic carbocycles. The number of ether oxygens (including phenoxy) is 1. The number of fused-ring (bicyclic) bond motifs is 2. The monoisotopic (exact) mass is 561 g/mol. The van der Waals surface area contributed by atoms with Gasteiger partial charge in [0.1, 0.15) is 5.75 Å². The molecule has 0 radical (unpaired) electrons. The molecule has 2 aromatic carbocycles. The third-order valence-corrected chi connectivity index (χ3v) is 5.76. The number of alkyl halides is 2. The molecule has 0 saturated heterocycles. The summed E-state index contributed by atoms with van der Waals surface area (Å²) in [7, 11) is 1.83. The lowest BCUT2D eigenvalue weighted by molar-refractivity contribution is 0.163. The van der Waals surface area contributed by atoms with Crippen LogP contribution in [0.5, 0.6) is 5.75 Å². The lowest BCUT2D eigenvalue weighted by Crippen LogP contribution is -2.45. The lowest BCUT2D eigenvalue weighted by Gasteiger charge is -2.36. The standard InChI is InChI=1S/C23H21F2N7O2S3/c1-30-11-13-8-16(4-7-18(13)29-30)31-12-14-9-26-21(27-10-19(24)25)28-20(14)32(22(31)33)15-2-5-17(6-3-15)34-23(35,36)37/h2-9,11,19,35-37H,10,12H2,1H3,(H,26,27,28). The van der Waals surface area contributed by atoms with Crippen LogP contribution in [0.3, 0.4) is 0 Å². The quantitative estimate of drug-likeness (QED) is 0.186. The number of anilines is 4. The molecule has 1 aliphatic heterocycles. The summed E-state index contributed by atoms with van der Waals surface area (Å²) in [5.74, 6) is 0.706. The summed E-state index contributed by atoms with van der Waals surface area (Å²) in [6.07, 6.45) is 0.812. The first-order chi connectivity index (χ1) is 17.6. The molecule has 0 spiro atoms. The fourth-order valence-corrected chi connectivity index (χ4v) is 4.28. The van der Waals surface area contributed by atoms with E-state index in [0.29, 0.717) is 22.7 Å². The zero-order valence-electron chi connectivity index (χ0n) is 19.3. The molecule has 5 rings (SSSR count). The maximum atomic E-state index is 13.9. The highest BCUT2D eigenvalue weighted by molar-refractivity contribution is 8.16. The Hall–Kier alpha value is -3.23. The predicted molar refractivity (Wildman–Crippen MR) is 148 cm³/mol. The molecule has 3 heterocycles. The van der Waals surface area contributed by atoms with Crippen molar-refractivity contribution in [2.75, 3.05) is 21.7 Å². The van der Waals surface area contributed by atoms with Crippen molar-refractivity contribution in [2.24, 2.45) is 7.05 Å². The van der Waals surface area contributed by atoms with Crippen LogP contribution in [0.4, 0.5) is 36.7 Å². The van der Waals surface area contributed by atoms with Crippen LogP contribution in [0.25, 0.3) is 10.9 Å². The van der Waals surface area contributed by atoms with Gasteiger partial charge in [0.05, 0.1) is 24.3 Å². The molecule has 1 aliphatic rings. The van der Waals surface area contributed by atoms with E-state index in [2.05, 4.69) is 58.3 Å². The largest absolute Gasteiger partial charge is 0.459 e. The maximum absolute atomic E-state index is 13.9. The molecule has 0 bridgehead atoms. The summed E-state index contributed by atoms with van der Waals surface area (Å²) in [6, 6.07) is 11.8. The van der Waals surface area contributed by atoms with E-state index in [1.165, 1.54) is 11.1 Å². The van der Waals surface area contributed by atoms with Crippen molar-refractivity contribution in [3.05, 3.63) is 60.4 Å². The first kappa shape index (κ1) is 25.4. The number of hydrogen-bond acceptors (Lipinski definition) is 9. The number of amides is 2. The number of carbonyl (C=O) groups is 1. The molecule has 1 N–H and O–H groups in total. The van der Waals surface area contributed by atoms with Gasteiger partial charge in [0.25, 0.3) is 6.43 Å². The summed E-state index contributed by atoms with van der Waals surface area (Å²) < 4.78 is 31.4. The van der Waals surface area contributed by atoms with Crippen LogP contribution in [0.1, 0.15) is 5.56 Å². The van der Waals surface area contributed by atoms with Crippen molar-refractivity contribution in [3.63, 3.8) is 0 Å². The van der Waals surface area contributed by atoms with Gasteiger partial charge in [-0.15, -0.1) is 37.9 Å². The summed E-state index contributed by atoms with van der Waals surface area (Å²) in [4.78, 5) is 25.5. The molecule has 4 aromatic rings. The number of hydrogen-bond donors (Lipinski definition) is 4. The van der Waals surface area contributed by atoms with E-state index >= 15 is 0 Å². The fourth-order valence-electron chi connectivity index (χ4n) is 3.97. The van der Waals surface area contributed by atoms with Gasteiger partial charge in [-0.3, -0.25) is 9.58 Å². The van der Waals surface area contributed by atoms with Gasteiger partial charge < -0.3 is 10.1 Å². The van der Waals surface area contributed by atoms with Crippen molar-refractivity contribution >= 4 is 78.0 Å². The number of carbonyl (C=O) groups excluding carboxylic acids is 1. The lowest BCUT2D eigenvalue weighted by atomic mass is 10.1. The summed E-state index contributed by atoms with van der Waals surface area (Å²) >= 11 is 12.4. The second-order valence-corrected chi connectivity index (χ2v) is 11.2. The molecule has 0 atom stereocenters. The zero-order valence-corrected chi connectivity index (χ0v) is 22.0. The van der Waals surface area contributed by atoms with Crippen LogP contribution in [0.15, 0.2) is 54.9 Å². The van der Waals surface area contributed by atoms with Crippen LogP contribution in [-0.2, 0) is 13.6 Å². The van der Waals surface area contributed by atoms with Crippen molar-refractivity contribution in [1.82, 2.24) is 19.7 Å². The number of thiol groups is 3. The Kier molecular flexibility index (Phi) is 6.81. The van der Waals surface area contributed by atoms with Crippen molar-refractivity contribution in [1.29, 1.82) is 0 Å². The number of aryl methyl sites for hydroxylation is 1. The molecular formula is C23H21F2N7O2S3. The molecule has 2 aromatic heterocycles. The molecular weight excluding hydrogens is 540 g/mol. The van der Waals surface area contributed by atoms with Crippen molar-refractivity contribution < 1.29 is 18.3 Å². The van der Waals surface area contributed by atoms with E-state index in [-0.39, 0.29) is 24.3 Å². The average Bonchev–Trinajstić information content (AvgIpc) is 3.21. The van der Waals surface area contributed by atoms with Crippen LogP contribution >= 0.6 is 37.9 Å². The number of rotatable bonds is 7. The molecule has 14 heteroatoms. The van der Waals surface area contributed by atoms with Gasteiger partial charge in [-0.25, -0.2) is 23.5 Å². The van der Waals surface area contributed by atoms with E-state index in [9.17, 15) is 13.6 Å². The molecule has 2 amide bonds. The van der Waals surface area contributed by atoms with E-state index in [4.69, 9.17) is 4.74 Å². The summed E-state index contributed by atoms with van der Waals surface area (Å²) in [5.41, 5.74) is 2.57. The van der Waals surface area contributed by atoms with Gasteiger partial charge >= 0.3 is 6.03 Å². The fraction of sp³-hybridized carbons (Fsp3) is 0.217. The van der Waals surface area contributed by atoms with Gasteiger partial charge in [0.2, 0.25) is 9.55 Å². The van der Waals surface area contributed by atoms with Crippen molar-refractivity contribution in [2.45, 2.75) is 16.6 Å². The number of halogens is 2. The number of benzene rings is 2. The van der Waals surface area contributed by atoms with Crippen molar-refractivity contribution in [3.8, 4) is 5.75 Å². The smallest absolute Gasteiger partial charge is 0.335 e. The normalized spacial score (nSPS) is 13.9. The molecule has 0 saturated carbocycles. The second-order valence-electron chi connectivity index (χ2n) is 8.23. The van der Waals surface area contributed by atoms with Gasteiger partial charge in [-0.05, 0) is 42.5 Å². The van der Waals surface area contributed by atoms with Crippen LogP contribution in [-0.4, -0.2) is 42.3 Å². The van der Waals surface area contributed by atoms with Crippen LogP contribution in [0.2, 0.25) is 0 Å². The zero-order chi connectivity index (χ0) is 26.3. The maximum Gasteiger partial charge on any atom is 0.335 e. The first-order valence-corrected chi connectivity index (χ1v) is 12.3. The average molecular weight is 562 g/mol. The number of nitrogens with one attached hydrogen (secondary N) is 1. The number of nitrogens with zero attached hydrogens (tertiary/aromatic N) is 6. The van der Waals surface area contributed by atoms with Gasteiger partial charge in [-0.1, -0.05) is 0 Å².